The van der Waals surface area contributed by atoms with Crippen molar-refractivity contribution in [3.8, 4) is 5.75 Å². The number of methoxy groups -OCH3 is 1. The summed E-state index contributed by atoms with van der Waals surface area (Å²) in [5, 5.41) is 0. The molecular formula is C12H15FO4S. The monoisotopic (exact) mass is 274 g/mol. The van der Waals surface area contributed by atoms with Crippen LogP contribution in [-0.4, -0.2) is 32.3 Å². The largest absolute Gasteiger partial charge is 0.496 e. The van der Waals surface area contributed by atoms with Crippen LogP contribution in [-0.2, 0) is 9.84 Å². The molecule has 0 aromatic heterocycles. The molecule has 0 saturated carbocycles. The summed E-state index contributed by atoms with van der Waals surface area (Å²) in [5.41, 5.74) is -0.0760. The zero-order chi connectivity index (χ0) is 14.1. The van der Waals surface area contributed by atoms with Gasteiger partial charge in [-0.15, -0.1) is 0 Å². The van der Waals surface area contributed by atoms with E-state index in [-0.39, 0.29) is 11.3 Å². The van der Waals surface area contributed by atoms with E-state index in [2.05, 4.69) is 0 Å². The predicted molar refractivity (Wildman–Crippen MR) is 66.2 cm³/mol. The van der Waals surface area contributed by atoms with Crippen LogP contribution in [0.1, 0.15) is 24.2 Å². The van der Waals surface area contributed by atoms with Crippen molar-refractivity contribution in [1.29, 1.82) is 0 Å². The lowest BCUT2D eigenvalue weighted by molar-refractivity contribution is 0.0950. The molecule has 0 aliphatic carbocycles. The van der Waals surface area contributed by atoms with Crippen molar-refractivity contribution in [2.45, 2.75) is 18.6 Å². The first kappa shape index (κ1) is 14.6. The molecule has 0 atom stereocenters. The van der Waals surface area contributed by atoms with Gasteiger partial charge in [0, 0.05) is 6.26 Å². The van der Waals surface area contributed by atoms with E-state index in [1.54, 1.807) is 0 Å². The Labute approximate surface area is 106 Å². The molecule has 0 aliphatic heterocycles. The summed E-state index contributed by atoms with van der Waals surface area (Å²) >= 11 is 0. The maximum atomic E-state index is 13.2. The molecule has 0 spiro atoms. The van der Waals surface area contributed by atoms with Crippen LogP contribution in [0.3, 0.4) is 0 Å². The molecule has 0 amide bonds. The highest BCUT2D eigenvalue weighted by molar-refractivity contribution is 7.92. The van der Waals surface area contributed by atoms with E-state index < -0.39 is 26.2 Å². The van der Waals surface area contributed by atoms with Crippen LogP contribution in [0.4, 0.5) is 4.39 Å². The number of ether oxygens (including phenoxy) is 1. The molecule has 100 valence electrons. The maximum absolute atomic E-state index is 13.2. The Balaban J connectivity index is 3.40. The van der Waals surface area contributed by atoms with Crippen LogP contribution in [0.25, 0.3) is 0 Å². The van der Waals surface area contributed by atoms with Crippen LogP contribution in [0.15, 0.2) is 18.2 Å². The van der Waals surface area contributed by atoms with Gasteiger partial charge in [-0.05, 0) is 32.0 Å². The van der Waals surface area contributed by atoms with Gasteiger partial charge in [0.2, 0.25) is 0 Å². The van der Waals surface area contributed by atoms with Crippen LogP contribution in [0.5, 0.6) is 5.75 Å². The Morgan fingerprint density at radius 2 is 1.89 bits per heavy atom. The molecule has 0 N–H and O–H groups in total. The molecule has 1 rings (SSSR count). The van der Waals surface area contributed by atoms with Gasteiger partial charge in [-0.2, -0.15) is 0 Å². The van der Waals surface area contributed by atoms with Gasteiger partial charge in [0.1, 0.15) is 16.3 Å². The average molecular weight is 274 g/mol. The normalized spacial score (nSPS) is 12.3. The topological polar surface area (TPSA) is 60.4 Å². The van der Waals surface area contributed by atoms with Crippen LogP contribution < -0.4 is 4.74 Å². The number of hydrogen-bond acceptors (Lipinski definition) is 4. The molecule has 1 aromatic carbocycles. The highest BCUT2D eigenvalue weighted by atomic mass is 32.2. The first-order valence-corrected chi connectivity index (χ1v) is 7.08. The molecule has 0 unspecified atom stereocenters. The molecule has 0 radical (unpaired) electrons. The van der Waals surface area contributed by atoms with E-state index in [0.29, 0.717) is 0 Å². The number of halogens is 1. The van der Waals surface area contributed by atoms with E-state index in [9.17, 15) is 17.6 Å². The van der Waals surface area contributed by atoms with Crippen molar-refractivity contribution in [3.63, 3.8) is 0 Å². The van der Waals surface area contributed by atoms with Crippen molar-refractivity contribution in [2.24, 2.45) is 0 Å². The second-order valence-electron chi connectivity index (χ2n) is 4.46. The SMILES string of the molecule is COc1ccc(F)cc1C(=O)C(C)(C)S(C)(=O)=O. The Morgan fingerprint density at radius 3 is 2.33 bits per heavy atom. The number of ketones is 1. The van der Waals surface area contributed by atoms with Gasteiger partial charge in [-0.3, -0.25) is 4.79 Å². The molecule has 1 aromatic rings. The Hall–Kier alpha value is -1.43. The van der Waals surface area contributed by atoms with E-state index in [0.717, 1.165) is 18.4 Å². The molecule has 4 nitrogen and oxygen atoms in total. The minimum atomic E-state index is -3.62. The lowest BCUT2D eigenvalue weighted by atomic mass is 9.99. The first-order chi connectivity index (χ1) is 8.11. The third-order valence-corrected chi connectivity index (χ3v) is 4.92. The number of Topliss-reactive ketones (excluding diaryl/α,β-unsaturated/α-hetero) is 1. The van der Waals surface area contributed by atoms with Crippen LogP contribution in [0, 0.1) is 5.82 Å². The summed E-state index contributed by atoms with van der Waals surface area (Å²) in [6.07, 6.45) is 0.969. The Kier molecular flexibility index (Phi) is 3.81. The Bertz CT molecular complexity index is 576. The fraction of sp³-hybridized carbons (Fsp3) is 0.417. The smallest absolute Gasteiger partial charge is 0.187 e. The van der Waals surface area contributed by atoms with Gasteiger partial charge < -0.3 is 4.74 Å². The van der Waals surface area contributed by atoms with Crippen LogP contribution >= 0.6 is 0 Å². The zero-order valence-electron chi connectivity index (χ0n) is 10.7. The number of rotatable bonds is 4. The van der Waals surface area contributed by atoms with E-state index >= 15 is 0 Å². The summed E-state index contributed by atoms with van der Waals surface area (Å²) < 4.78 is 39.7. The lowest BCUT2D eigenvalue weighted by Gasteiger charge is -2.21. The van der Waals surface area contributed by atoms with Crippen molar-refractivity contribution in [3.05, 3.63) is 29.6 Å². The second-order valence-corrected chi connectivity index (χ2v) is 7.02. The minimum absolute atomic E-state index is 0.0760. The molecule has 18 heavy (non-hydrogen) atoms. The van der Waals surface area contributed by atoms with Gasteiger partial charge in [-0.25, -0.2) is 12.8 Å². The summed E-state index contributed by atoms with van der Waals surface area (Å²) in [7, 11) is -2.28. The molecule has 0 aliphatic rings. The summed E-state index contributed by atoms with van der Waals surface area (Å²) in [6, 6.07) is 3.41. The Morgan fingerprint density at radius 1 is 1.33 bits per heavy atom. The van der Waals surface area contributed by atoms with Gasteiger partial charge in [0.15, 0.2) is 15.6 Å². The third-order valence-electron chi connectivity index (χ3n) is 2.88. The number of carbonyl (C=O) groups is 1. The minimum Gasteiger partial charge on any atom is -0.496 e. The second kappa shape index (κ2) is 4.68. The first-order valence-electron chi connectivity index (χ1n) is 5.19. The zero-order valence-corrected chi connectivity index (χ0v) is 11.5. The summed E-state index contributed by atoms with van der Waals surface area (Å²) in [6.45, 7) is 2.57. The van der Waals surface area contributed by atoms with Gasteiger partial charge >= 0.3 is 0 Å². The molecule has 0 bridgehead atoms. The third kappa shape index (κ3) is 2.53. The fourth-order valence-corrected chi connectivity index (χ4v) is 1.80. The summed E-state index contributed by atoms with van der Waals surface area (Å²) in [4.78, 5) is 12.2. The van der Waals surface area contributed by atoms with E-state index in [1.807, 2.05) is 0 Å². The quantitative estimate of drug-likeness (QED) is 0.786. The highest BCUT2D eigenvalue weighted by Crippen LogP contribution is 2.28. The van der Waals surface area contributed by atoms with Crippen molar-refractivity contribution in [1.82, 2.24) is 0 Å². The molecular weight excluding hydrogens is 259 g/mol. The number of carbonyl (C=O) groups excluding carboxylic acids is 1. The lowest BCUT2D eigenvalue weighted by Crippen LogP contribution is -2.40. The predicted octanol–water partition coefficient (Wildman–Crippen LogP) is 1.84. The van der Waals surface area contributed by atoms with Crippen molar-refractivity contribution < 1.29 is 22.3 Å². The fourth-order valence-electron chi connectivity index (χ4n) is 1.35. The summed E-state index contributed by atoms with van der Waals surface area (Å²) in [5.74, 6) is -1.16. The van der Waals surface area contributed by atoms with Crippen LogP contribution in [0.2, 0.25) is 0 Å². The highest BCUT2D eigenvalue weighted by Gasteiger charge is 2.40. The number of sulfone groups is 1. The van der Waals surface area contributed by atoms with E-state index in [4.69, 9.17) is 4.74 Å². The van der Waals surface area contributed by atoms with E-state index in [1.165, 1.54) is 27.0 Å². The molecule has 6 heteroatoms. The standard InChI is InChI=1S/C12H15FO4S/c1-12(2,18(4,15)16)11(14)9-7-8(13)5-6-10(9)17-3/h5-7H,1-4H3. The van der Waals surface area contributed by atoms with Crippen molar-refractivity contribution >= 4 is 15.6 Å². The molecule has 0 fully saturated rings. The van der Waals surface area contributed by atoms with Gasteiger partial charge in [-0.1, -0.05) is 0 Å². The number of benzene rings is 1. The molecule has 0 heterocycles. The maximum Gasteiger partial charge on any atom is 0.187 e. The van der Waals surface area contributed by atoms with Gasteiger partial charge in [0.05, 0.1) is 12.7 Å². The number of hydrogen-bond donors (Lipinski definition) is 0. The molecule has 0 saturated heterocycles. The average Bonchev–Trinajstić information content (AvgIpc) is 2.26. The van der Waals surface area contributed by atoms with Gasteiger partial charge in [0.25, 0.3) is 0 Å². The van der Waals surface area contributed by atoms with Crippen molar-refractivity contribution in [2.75, 3.05) is 13.4 Å².